The van der Waals surface area contributed by atoms with Crippen LogP contribution >= 0.6 is 15.9 Å². The molecule has 0 bridgehead atoms. The van der Waals surface area contributed by atoms with Crippen LogP contribution in [0.1, 0.15) is 15.9 Å². The number of nitrogens with zero attached hydrogens (tertiary/aromatic N) is 1. The van der Waals surface area contributed by atoms with E-state index in [2.05, 4.69) is 15.9 Å². The van der Waals surface area contributed by atoms with Gasteiger partial charge < -0.3 is 5.73 Å². The van der Waals surface area contributed by atoms with Gasteiger partial charge in [0.1, 0.15) is 4.90 Å². The van der Waals surface area contributed by atoms with E-state index < -0.39 is 15.9 Å². The second-order valence-corrected chi connectivity index (χ2v) is 7.58. The van der Waals surface area contributed by atoms with Crippen molar-refractivity contribution in [3.8, 4) is 0 Å². The van der Waals surface area contributed by atoms with Crippen molar-refractivity contribution in [3.05, 3.63) is 58.1 Å². The van der Waals surface area contributed by atoms with Gasteiger partial charge in [0.2, 0.25) is 0 Å². The van der Waals surface area contributed by atoms with Gasteiger partial charge in [0.05, 0.1) is 11.3 Å². The number of rotatable bonds is 4. The summed E-state index contributed by atoms with van der Waals surface area (Å²) >= 11 is 3.27. The summed E-state index contributed by atoms with van der Waals surface area (Å²) in [7, 11) is -2.42. The molecule has 0 spiro atoms. The molecule has 2 N–H and O–H groups in total. The van der Waals surface area contributed by atoms with Crippen molar-refractivity contribution in [2.75, 3.05) is 11.4 Å². The Kier molecular flexibility index (Phi) is 4.58. The first-order chi connectivity index (χ1) is 10.2. The van der Waals surface area contributed by atoms with Gasteiger partial charge in [-0.3, -0.25) is 9.10 Å². The lowest BCUT2D eigenvalue weighted by molar-refractivity contribution is 0.100. The van der Waals surface area contributed by atoms with E-state index in [1.54, 1.807) is 30.3 Å². The standard InChI is InChI=1S/C15H15BrN2O3S/c1-10-7-8-14(12(16)9-10)22(20,21)18(2)13-6-4-3-5-11(13)15(17)19/h3-9H,1-2H3,(H2,17,19). The van der Waals surface area contributed by atoms with Crippen molar-refractivity contribution in [1.29, 1.82) is 0 Å². The van der Waals surface area contributed by atoms with E-state index in [9.17, 15) is 13.2 Å². The largest absolute Gasteiger partial charge is 0.366 e. The van der Waals surface area contributed by atoms with Crippen molar-refractivity contribution in [1.82, 2.24) is 0 Å². The maximum Gasteiger partial charge on any atom is 0.265 e. The molecular formula is C15H15BrN2O3S. The van der Waals surface area contributed by atoms with Crippen LogP contribution in [0.3, 0.4) is 0 Å². The molecular weight excluding hydrogens is 368 g/mol. The molecule has 0 aromatic heterocycles. The van der Waals surface area contributed by atoms with E-state index in [0.717, 1.165) is 9.87 Å². The highest BCUT2D eigenvalue weighted by Gasteiger charge is 2.26. The van der Waals surface area contributed by atoms with Crippen LogP contribution in [-0.2, 0) is 10.0 Å². The second-order valence-electron chi connectivity index (χ2n) is 4.79. The maximum absolute atomic E-state index is 12.8. The highest BCUT2D eigenvalue weighted by Crippen LogP contribution is 2.30. The first-order valence-corrected chi connectivity index (χ1v) is 8.62. The summed E-state index contributed by atoms with van der Waals surface area (Å²) in [4.78, 5) is 11.6. The minimum absolute atomic E-state index is 0.125. The van der Waals surface area contributed by atoms with Crippen LogP contribution in [0, 0.1) is 6.92 Å². The number of carbonyl (C=O) groups excluding carboxylic acids is 1. The first kappa shape index (κ1) is 16.5. The molecule has 0 atom stereocenters. The lowest BCUT2D eigenvalue weighted by Crippen LogP contribution is -2.29. The molecule has 7 heteroatoms. The number of para-hydroxylation sites is 1. The number of primary amides is 1. The van der Waals surface area contributed by atoms with Crippen LogP contribution in [0.25, 0.3) is 0 Å². The summed E-state index contributed by atoms with van der Waals surface area (Å²) in [5, 5.41) is 0. The van der Waals surface area contributed by atoms with Crippen molar-refractivity contribution >= 4 is 37.5 Å². The molecule has 2 rings (SSSR count). The molecule has 0 saturated carbocycles. The minimum atomic E-state index is -3.82. The Hall–Kier alpha value is -1.86. The van der Waals surface area contributed by atoms with Crippen LogP contribution in [-0.4, -0.2) is 21.4 Å². The number of aryl methyl sites for hydroxylation is 1. The Morgan fingerprint density at radius 1 is 1.18 bits per heavy atom. The SMILES string of the molecule is Cc1ccc(S(=O)(=O)N(C)c2ccccc2C(N)=O)c(Br)c1. The minimum Gasteiger partial charge on any atom is -0.366 e. The summed E-state index contributed by atoms with van der Waals surface area (Å²) in [6, 6.07) is 11.3. The predicted molar refractivity (Wildman–Crippen MR) is 89.4 cm³/mol. The highest BCUT2D eigenvalue weighted by atomic mass is 79.9. The lowest BCUT2D eigenvalue weighted by Gasteiger charge is -2.22. The third-order valence-corrected chi connectivity index (χ3v) is 5.98. The van der Waals surface area contributed by atoms with E-state index >= 15 is 0 Å². The number of halogens is 1. The summed E-state index contributed by atoms with van der Waals surface area (Å²) in [6.45, 7) is 1.87. The number of amides is 1. The van der Waals surface area contributed by atoms with E-state index in [1.807, 2.05) is 6.92 Å². The van der Waals surface area contributed by atoms with Crippen molar-refractivity contribution < 1.29 is 13.2 Å². The predicted octanol–water partition coefficient (Wildman–Crippen LogP) is 2.68. The number of nitrogens with two attached hydrogens (primary N) is 1. The van der Waals surface area contributed by atoms with Gasteiger partial charge in [-0.15, -0.1) is 0 Å². The molecule has 0 radical (unpaired) electrons. The number of hydrogen-bond acceptors (Lipinski definition) is 3. The van der Waals surface area contributed by atoms with E-state index in [4.69, 9.17) is 5.73 Å². The quantitative estimate of drug-likeness (QED) is 0.882. The Morgan fingerprint density at radius 3 is 2.41 bits per heavy atom. The Labute approximate surface area is 137 Å². The lowest BCUT2D eigenvalue weighted by atomic mass is 10.2. The van der Waals surface area contributed by atoms with E-state index in [0.29, 0.717) is 4.47 Å². The summed E-state index contributed by atoms with van der Waals surface area (Å²) in [6.07, 6.45) is 0. The van der Waals surface area contributed by atoms with Gasteiger partial charge in [-0.25, -0.2) is 8.42 Å². The molecule has 2 aromatic rings. The van der Waals surface area contributed by atoms with E-state index in [1.165, 1.54) is 19.2 Å². The number of benzene rings is 2. The summed E-state index contributed by atoms with van der Waals surface area (Å²) < 4.78 is 27.1. The van der Waals surface area contributed by atoms with Crippen LogP contribution < -0.4 is 10.0 Å². The molecule has 22 heavy (non-hydrogen) atoms. The molecule has 0 aliphatic carbocycles. The van der Waals surface area contributed by atoms with Gasteiger partial charge in [-0.05, 0) is 52.7 Å². The average Bonchev–Trinajstić information content (AvgIpc) is 2.45. The van der Waals surface area contributed by atoms with Gasteiger partial charge in [-0.1, -0.05) is 18.2 Å². The normalized spacial score (nSPS) is 11.2. The third kappa shape index (κ3) is 3.00. The molecule has 116 valence electrons. The molecule has 1 amide bonds. The van der Waals surface area contributed by atoms with Gasteiger partial charge in [0.25, 0.3) is 15.9 Å². The van der Waals surface area contributed by atoms with Crippen molar-refractivity contribution in [3.63, 3.8) is 0 Å². The topological polar surface area (TPSA) is 80.5 Å². The smallest absolute Gasteiger partial charge is 0.265 e. The Balaban J connectivity index is 2.57. The fraction of sp³-hybridized carbons (Fsp3) is 0.133. The zero-order valence-electron chi connectivity index (χ0n) is 12.1. The first-order valence-electron chi connectivity index (χ1n) is 6.39. The highest BCUT2D eigenvalue weighted by molar-refractivity contribution is 9.10. The zero-order valence-corrected chi connectivity index (χ0v) is 14.5. The number of anilines is 1. The van der Waals surface area contributed by atoms with Crippen LogP contribution in [0.15, 0.2) is 51.8 Å². The molecule has 5 nitrogen and oxygen atoms in total. The molecule has 0 unspecified atom stereocenters. The van der Waals surface area contributed by atoms with Crippen LogP contribution in [0.4, 0.5) is 5.69 Å². The molecule has 0 aliphatic heterocycles. The monoisotopic (exact) mass is 382 g/mol. The Bertz CT molecular complexity index is 834. The van der Waals surface area contributed by atoms with Gasteiger partial charge >= 0.3 is 0 Å². The maximum atomic E-state index is 12.8. The molecule has 2 aromatic carbocycles. The fourth-order valence-electron chi connectivity index (χ4n) is 2.05. The fourth-order valence-corrected chi connectivity index (χ4v) is 4.41. The average molecular weight is 383 g/mol. The van der Waals surface area contributed by atoms with Crippen LogP contribution in [0.2, 0.25) is 0 Å². The van der Waals surface area contributed by atoms with Crippen molar-refractivity contribution in [2.24, 2.45) is 5.73 Å². The van der Waals surface area contributed by atoms with Gasteiger partial charge in [0.15, 0.2) is 0 Å². The Morgan fingerprint density at radius 2 is 1.82 bits per heavy atom. The number of sulfonamides is 1. The summed E-state index contributed by atoms with van der Waals surface area (Å²) in [5.74, 6) is -0.680. The van der Waals surface area contributed by atoms with E-state index in [-0.39, 0.29) is 16.1 Å². The van der Waals surface area contributed by atoms with Gasteiger partial charge in [0, 0.05) is 11.5 Å². The second kappa shape index (κ2) is 6.10. The molecule has 0 aliphatic rings. The molecule has 0 heterocycles. The summed E-state index contributed by atoms with van der Waals surface area (Å²) in [5.41, 5.74) is 6.64. The van der Waals surface area contributed by atoms with Crippen molar-refractivity contribution in [2.45, 2.75) is 11.8 Å². The number of carbonyl (C=O) groups is 1. The molecule has 0 saturated heterocycles. The molecule has 0 fully saturated rings. The van der Waals surface area contributed by atoms with Gasteiger partial charge in [-0.2, -0.15) is 0 Å². The third-order valence-electron chi connectivity index (χ3n) is 3.23. The van der Waals surface area contributed by atoms with Crippen LogP contribution in [0.5, 0.6) is 0 Å². The number of hydrogen-bond donors (Lipinski definition) is 1. The zero-order chi connectivity index (χ0) is 16.5.